The van der Waals surface area contributed by atoms with E-state index in [1.807, 2.05) is 9.80 Å². The highest BCUT2D eigenvalue weighted by Crippen LogP contribution is 2.42. The van der Waals surface area contributed by atoms with E-state index in [2.05, 4.69) is 6.58 Å². The molecule has 1 spiro atoms. The van der Waals surface area contributed by atoms with Crippen molar-refractivity contribution in [2.45, 2.75) is 31.4 Å². The number of nitrogens with zero attached hydrogens (tertiary/aromatic N) is 4. The van der Waals surface area contributed by atoms with E-state index in [1.54, 1.807) is 5.01 Å². The minimum Gasteiger partial charge on any atom is -0.375 e. The van der Waals surface area contributed by atoms with Crippen LogP contribution >= 0.6 is 0 Å². The summed E-state index contributed by atoms with van der Waals surface area (Å²) in [5.41, 5.74) is -0.242. The lowest BCUT2D eigenvalue weighted by atomic mass is 9.83. The SMILES string of the molecule is C=CC(O)N1CCC2(C1)CN(c1ccc(C(F)(F)F)cc1)C1CC[N+](=O)N1C2. The van der Waals surface area contributed by atoms with Crippen molar-refractivity contribution in [2.75, 3.05) is 37.6 Å². The van der Waals surface area contributed by atoms with E-state index in [0.717, 1.165) is 23.4 Å². The number of fused-ring (bicyclic) bond motifs is 1. The first-order chi connectivity index (χ1) is 13.2. The number of rotatable bonds is 3. The molecule has 3 atom stereocenters. The molecule has 3 aliphatic heterocycles. The van der Waals surface area contributed by atoms with Crippen LogP contribution in [0, 0.1) is 10.3 Å². The number of halogens is 3. The fourth-order valence-electron chi connectivity index (χ4n) is 4.72. The quantitative estimate of drug-likeness (QED) is 0.627. The van der Waals surface area contributed by atoms with Crippen LogP contribution in [0.2, 0.25) is 0 Å². The van der Waals surface area contributed by atoms with Crippen LogP contribution in [-0.4, -0.2) is 65.0 Å². The predicted octanol–water partition coefficient (Wildman–Crippen LogP) is 2.45. The Labute approximate surface area is 161 Å². The molecule has 3 fully saturated rings. The smallest absolute Gasteiger partial charge is 0.375 e. The molecule has 1 N–H and O–H groups in total. The molecule has 3 heterocycles. The van der Waals surface area contributed by atoms with Crippen LogP contribution in [0.3, 0.4) is 0 Å². The van der Waals surface area contributed by atoms with Crippen molar-refractivity contribution in [1.82, 2.24) is 9.91 Å². The van der Waals surface area contributed by atoms with Gasteiger partial charge in [-0.2, -0.15) is 13.2 Å². The van der Waals surface area contributed by atoms with E-state index in [4.69, 9.17) is 0 Å². The monoisotopic (exact) mass is 397 g/mol. The second kappa shape index (κ2) is 6.73. The summed E-state index contributed by atoms with van der Waals surface area (Å²) in [4.78, 5) is 17.3. The molecule has 3 aliphatic rings. The van der Waals surface area contributed by atoms with Gasteiger partial charge in [0.15, 0.2) is 6.17 Å². The van der Waals surface area contributed by atoms with E-state index in [0.29, 0.717) is 44.8 Å². The first-order valence-corrected chi connectivity index (χ1v) is 9.42. The lowest BCUT2D eigenvalue weighted by molar-refractivity contribution is -0.694. The minimum atomic E-state index is -4.38. The van der Waals surface area contributed by atoms with Crippen molar-refractivity contribution in [3.05, 3.63) is 47.4 Å². The Morgan fingerprint density at radius 2 is 1.96 bits per heavy atom. The van der Waals surface area contributed by atoms with Gasteiger partial charge in [-0.1, -0.05) is 6.58 Å². The predicted molar refractivity (Wildman–Crippen MR) is 97.2 cm³/mol. The van der Waals surface area contributed by atoms with Gasteiger partial charge in [-0.05, 0) is 36.8 Å². The van der Waals surface area contributed by atoms with Crippen LogP contribution in [0.15, 0.2) is 36.9 Å². The standard InChI is InChI=1S/C19H24F3N4O2/c1-2-17(27)23-10-8-18(11-23)12-24(16-7-9-26(28)25(16)13-18)15-5-3-14(4-6-15)19(20,21)22/h2-6,16-17,27H,1,7-13H2/q+1. The maximum Gasteiger partial charge on any atom is 0.416 e. The molecule has 1 aromatic carbocycles. The number of hydrazine groups is 1. The largest absolute Gasteiger partial charge is 0.416 e. The van der Waals surface area contributed by atoms with Gasteiger partial charge in [-0.15, -0.1) is 5.01 Å². The van der Waals surface area contributed by atoms with Gasteiger partial charge in [0.2, 0.25) is 6.54 Å². The fraction of sp³-hybridized carbons (Fsp3) is 0.579. The second-order valence-electron chi connectivity index (χ2n) is 7.98. The Bertz CT molecular complexity index is 769. The van der Waals surface area contributed by atoms with Crippen molar-refractivity contribution in [2.24, 2.45) is 5.41 Å². The first kappa shape index (κ1) is 19.2. The minimum absolute atomic E-state index is 0.154. The third-order valence-corrected chi connectivity index (χ3v) is 6.15. The van der Waals surface area contributed by atoms with Gasteiger partial charge in [-0.25, -0.2) is 0 Å². The number of aliphatic hydroxyl groups is 1. The molecule has 152 valence electrons. The highest BCUT2D eigenvalue weighted by Gasteiger charge is 2.55. The molecule has 28 heavy (non-hydrogen) atoms. The molecule has 1 aromatic rings. The Balaban J connectivity index is 1.62. The summed E-state index contributed by atoms with van der Waals surface area (Å²) in [6.07, 6.45) is -2.35. The van der Waals surface area contributed by atoms with E-state index in [-0.39, 0.29) is 11.6 Å². The third-order valence-electron chi connectivity index (χ3n) is 6.15. The molecule has 9 heteroatoms. The lowest BCUT2D eigenvalue weighted by Gasteiger charge is -2.46. The second-order valence-corrected chi connectivity index (χ2v) is 7.98. The summed E-state index contributed by atoms with van der Waals surface area (Å²) in [7, 11) is 0. The number of aliphatic hydroxyl groups excluding tert-OH is 1. The summed E-state index contributed by atoms with van der Waals surface area (Å²) in [6.45, 7) is 6.51. The third kappa shape index (κ3) is 3.26. The van der Waals surface area contributed by atoms with Crippen molar-refractivity contribution in [3.63, 3.8) is 0 Å². The van der Waals surface area contributed by atoms with Crippen LogP contribution in [-0.2, 0) is 6.18 Å². The average molecular weight is 397 g/mol. The van der Waals surface area contributed by atoms with E-state index in [1.165, 1.54) is 18.2 Å². The molecule has 0 amide bonds. The zero-order valence-corrected chi connectivity index (χ0v) is 15.5. The highest BCUT2D eigenvalue weighted by atomic mass is 19.4. The van der Waals surface area contributed by atoms with Crippen LogP contribution in [0.5, 0.6) is 0 Å². The van der Waals surface area contributed by atoms with Crippen LogP contribution in [0.4, 0.5) is 18.9 Å². The zero-order chi connectivity index (χ0) is 20.1. The molecule has 3 unspecified atom stereocenters. The van der Waals surface area contributed by atoms with E-state index < -0.39 is 18.0 Å². The van der Waals surface area contributed by atoms with Gasteiger partial charge in [-0.3, -0.25) is 4.90 Å². The van der Waals surface area contributed by atoms with Gasteiger partial charge in [0.1, 0.15) is 11.1 Å². The first-order valence-electron chi connectivity index (χ1n) is 9.42. The summed E-state index contributed by atoms with van der Waals surface area (Å²) < 4.78 is 38.7. The molecular weight excluding hydrogens is 373 g/mol. The summed E-state index contributed by atoms with van der Waals surface area (Å²) >= 11 is 0. The molecule has 0 bridgehead atoms. The Morgan fingerprint density at radius 1 is 1.25 bits per heavy atom. The molecule has 3 saturated heterocycles. The van der Waals surface area contributed by atoms with E-state index in [9.17, 15) is 23.2 Å². The normalized spacial score (nSPS) is 29.4. The van der Waals surface area contributed by atoms with Gasteiger partial charge < -0.3 is 10.0 Å². The fourth-order valence-corrected chi connectivity index (χ4v) is 4.72. The van der Waals surface area contributed by atoms with Crippen LogP contribution in [0.25, 0.3) is 0 Å². The topological polar surface area (TPSA) is 50.0 Å². The maximum atomic E-state index is 12.9. The van der Waals surface area contributed by atoms with Gasteiger partial charge in [0.05, 0.1) is 23.4 Å². The molecule has 6 nitrogen and oxygen atoms in total. The van der Waals surface area contributed by atoms with Gasteiger partial charge >= 0.3 is 6.18 Å². The number of anilines is 1. The molecule has 0 aromatic heterocycles. The Hall–Kier alpha value is -2.13. The molecule has 0 aliphatic carbocycles. The van der Waals surface area contributed by atoms with Gasteiger partial charge in [0.25, 0.3) is 0 Å². The Kier molecular flexibility index (Phi) is 4.62. The van der Waals surface area contributed by atoms with Crippen molar-refractivity contribution >= 4 is 5.69 Å². The molecule has 0 saturated carbocycles. The number of likely N-dealkylation sites (tertiary alicyclic amines) is 1. The van der Waals surface area contributed by atoms with Crippen molar-refractivity contribution in [3.8, 4) is 0 Å². The highest BCUT2D eigenvalue weighted by molar-refractivity contribution is 5.50. The zero-order valence-electron chi connectivity index (χ0n) is 15.5. The molecule has 0 radical (unpaired) electrons. The number of hydrogen-bond acceptors (Lipinski definition) is 4. The van der Waals surface area contributed by atoms with E-state index >= 15 is 0 Å². The summed E-state index contributed by atoms with van der Waals surface area (Å²) in [5.74, 6) is 0. The number of benzene rings is 1. The van der Waals surface area contributed by atoms with Gasteiger partial charge in [0, 0.05) is 30.7 Å². The lowest BCUT2D eigenvalue weighted by Crippen LogP contribution is -2.61. The Morgan fingerprint density at radius 3 is 2.61 bits per heavy atom. The summed E-state index contributed by atoms with van der Waals surface area (Å²) in [6, 6.07) is 5.15. The van der Waals surface area contributed by atoms with Crippen molar-refractivity contribution in [1.29, 1.82) is 0 Å². The maximum absolute atomic E-state index is 12.9. The van der Waals surface area contributed by atoms with Crippen molar-refractivity contribution < 1.29 is 23.1 Å². The molecular formula is C19H24F3N4O2+. The number of hydrogen-bond donors (Lipinski definition) is 1. The van der Waals surface area contributed by atoms with Crippen LogP contribution < -0.4 is 4.90 Å². The van der Waals surface area contributed by atoms with Crippen LogP contribution in [0.1, 0.15) is 18.4 Å². The number of alkyl halides is 3. The average Bonchev–Trinajstić information content (AvgIpc) is 3.24. The molecule has 4 rings (SSSR count). The summed E-state index contributed by atoms with van der Waals surface area (Å²) in [5, 5.41) is 11.9. The number of nitroso groups, excluding NO2 is 1.